The zero-order valence-corrected chi connectivity index (χ0v) is 15.4. The van der Waals surface area contributed by atoms with Gasteiger partial charge in [0.15, 0.2) is 6.61 Å². The molecule has 2 rings (SSSR count). The molecule has 0 radical (unpaired) electrons. The van der Waals surface area contributed by atoms with E-state index in [0.29, 0.717) is 10.7 Å². The van der Waals surface area contributed by atoms with Gasteiger partial charge in [-0.2, -0.15) is 9.98 Å². The molecule has 0 aliphatic rings. The van der Waals surface area contributed by atoms with E-state index in [1.807, 2.05) is 4.72 Å². The van der Waals surface area contributed by atoms with Gasteiger partial charge in [-0.15, -0.1) is 0 Å². The number of halogens is 1. The number of para-hydroxylation sites is 1. The van der Waals surface area contributed by atoms with Gasteiger partial charge >= 0.3 is 5.97 Å². The van der Waals surface area contributed by atoms with Gasteiger partial charge in [0.1, 0.15) is 12.6 Å². The Morgan fingerprint density at radius 3 is 2.48 bits per heavy atom. The predicted octanol–water partition coefficient (Wildman–Crippen LogP) is 1.67. The second-order valence-corrected chi connectivity index (χ2v) is 7.26. The summed E-state index contributed by atoms with van der Waals surface area (Å²) in [4.78, 5) is 23.2. The Kier molecular flexibility index (Phi) is 6.90. The molecular formula is C17H14ClN3O5S. The van der Waals surface area contributed by atoms with Crippen LogP contribution in [0.1, 0.15) is 5.56 Å². The Morgan fingerprint density at radius 1 is 1.11 bits per heavy atom. The van der Waals surface area contributed by atoms with Gasteiger partial charge in [0.2, 0.25) is 10.0 Å². The molecule has 0 bridgehead atoms. The summed E-state index contributed by atoms with van der Waals surface area (Å²) in [6.45, 7) is -1.30. The van der Waals surface area contributed by atoms with Crippen molar-refractivity contribution in [1.82, 2.24) is 4.72 Å². The van der Waals surface area contributed by atoms with E-state index in [2.05, 4.69) is 5.32 Å². The smallest absolute Gasteiger partial charge is 0.321 e. The first-order valence-corrected chi connectivity index (χ1v) is 9.38. The Balaban J connectivity index is 1.86. The minimum absolute atomic E-state index is 0.0579. The summed E-state index contributed by atoms with van der Waals surface area (Å²) in [6.07, 6.45) is 0. The SMILES string of the molecule is N#Cc1ccccc1S(=O)(=O)NCC(=O)OCC(=O)Nc1ccccc1Cl. The van der Waals surface area contributed by atoms with Crippen LogP contribution in [0.15, 0.2) is 53.4 Å². The van der Waals surface area contributed by atoms with Crippen LogP contribution in [0.2, 0.25) is 5.02 Å². The number of ether oxygens (including phenoxy) is 1. The van der Waals surface area contributed by atoms with E-state index >= 15 is 0 Å². The highest BCUT2D eigenvalue weighted by atomic mass is 35.5. The fraction of sp³-hybridized carbons (Fsp3) is 0.118. The molecule has 0 saturated heterocycles. The van der Waals surface area contributed by atoms with Gasteiger partial charge in [-0.1, -0.05) is 35.9 Å². The standard InChI is InChI=1S/C17H14ClN3O5S/c18-13-6-2-3-7-14(13)21-16(22)11-26-17(23)10-20-27(24,25)15-8-4-1-5-12(15)9-19/h1-8,20H,10-11H2,(H,21,22). The molecule has 2 aromatic rings. The third-order valence-corrected chi connectivity index (χ3v) is 5.00. The van der Waals surface area contributed by atoms with Crippen molar-refractivity contribution in [2.75, 3.05) is 18.5 Å². The van der Waals surface area contributed by atoms with E-state index in [1.165, 1.54) is 24.3 Å². The predicted molar refractivity (Wildman–Crippen MR) is 97.4 cm³/mol. The monoisotopic (exact) mass is 407 g/mol. The van der Waals surface area contributed by atoms with Crippen LogP contribution in [0.25, 0.3) is 0 Å². The lowest BCUT2D eigenvalue weighted by Gasteiger charge is -2.09. The number of anilines is 1. The first-order valence-electron chi connectivity index (χ1n) is 7.52. The minimum Gasteiger partial charge on any atom is -0.455 e. The fourth-order valence-electron chi connectivity index (χ4n) is 1.97. The van der Waals surface area contributed by atoms with E-state index in [-0.39, 0.29) is 10.5 Å². The van der Waals surface area contributed by atoms with Crippen LogP contribution in [-0.2, 0) is 24.3 Å². The van der Waals surface area contributed by atoms with Crippen molar-refractivity contribution in [2.45, 2.75) is 4.90 Å². The fourth-order valence-corrected chi connectivity index (χ4v) is 3.28. The van der Waals surface area contributed by atoms with Crippen LogP contribution in [0.5, 0.6) is 0 Å². The molecule has 1 amide bonds. The normalized spacial score (nSPS) is 10.7. The molecule has 0 saturated carbocycles. The van der Waals surface area contributed by atoms with Crippen LogP contribution in [0.3, 0.4) is 0 Å². The van der Waals surface area contributed by atoms with E-state index < -0.39 is 35.1 Å². The molecule has 27 heavy (non-hydrogen) atoms. The van der Waals surface area contributed by atoms with E-state index in [0.717, 1.165) is 0 Å². The molecule has 0 aliphatic heterocycles. The van der Waals surface area contributed by atoms with Crippen molar-refractivity contribution in [1.29, 1.82) is 5.26 Å². The van der Waals surface area contributed by atoms with Gasteiger partial charge in [0.05, 0.1) is 21.2 Å². The van der Waals surface area contributed by atoms with E-state index in [4.69, 9.17) is 21.6 Å². The molecule has 10 heteroatoms. The second-order valence-electron chi connectivity index (χ2n) is 5.12. The molecule has 0 aliphatic carbocycles. The first kappa shape index (κ1) is 20.4. The Bertz CT molecular complexity index is 1000. The number of esters is 1. The largest absolute Gasteiger partial charge is 0.455 e. The number of amides is 1. The molecule has 0 unspecified atom stereocenters. The molecule has 0 atom stereocenters. The molecule has 0 fully saturated rings. The third-order valence-electron chi connectivity index (χ3n) is 3.22. The lowest BCUT2D eigenvalue weighted by molar-refractivity contribution is -0.146. The van der Waals surface area contributed by atoms with Crippen molar-refractivity contribution < 1.29 is 22.7 Å². The maximum Gasteiger partial charge on any atom is 0.321 e. The highest BCUT2D eigenvalue weighted by molar-refractivity contribution is 7.89. The van der Waals surface area contributed by atoms with Crippen LogP contribution in [0.4, 0.5) is 5.69 Å². The summed E-state index contributed by atoms with van der Waals surface area (Å²) in [6, 6.07) is 13.8. The Morgan fingerprint density at radius 2 is 1.78 bits per heavy atom. The maximum absolute atomic E-state index is 12.2. The zero-order valence-electron chi connectivity index (χ0n) is 13.8. The number of sulfonamides is 1. The van der Waals surface area contributed by atoms with Gasteiger partial charge in [-0.3, -0.25) is 9.59 Å². The molecular weight excluding hydrogens is 394 g/mol. The van der Waals surface area contributed by atoms with Gasteiger partial charge in [-0.25, -0.2) is 8.42 Å². The van der Waals surface area contributed by atoms with Crippen molar-refractivity contribution in [3.05, 3.63) is 59.1 Å². The number of nitrogens with zero attached hydrogens (tertiary/aromatic N) is 1. The van der Waals surface area contributed by atoms with Crippen LogP contribution in [0, 0.1) is 11.3 Å². The van der Waals surface area contributed by atoms with Crippen molar-refractivity contribution in [2.24, 2.45) is 0 Å². The summed E-state index contributed by atoms with van der Waals surface area (Å²) >= 11 is 5.89. The molecule has 8 nitrogen and oxygen atoms in total. The summed E-state index contributed by atoms with van der Waals surface area (Å²) in [7, 11) is -4.08. The lowest BCUT2D eigenvalue weighted by atomic mass is 10.2. The Labute approximate surface area is 160 Å². The van der Waals surface area contributed by atoms with Gasteiger partial charge < -0.3 is 10.1 Å². The number of carbonyl (C=O) groups excluding carboxylic acids is 2. The molecule has 2 aromatic carbocycles. The molecule has 2 N–H and O–H groups in total. The first-order chi connectivity index (χ1) is 12.8. The molecule has 0 heterocycles. The quantitative estimate of drug-likeness (QED) is 0.672. The number of nitrogens with one attached hydrogen (secondary N) is 2. The third kappa shape index (κ3) is 5.79. The summed E-state index contributed by atoms with van der Waals surface area (Å²) < 4.78 is 31.1. The number of hydrogen-bond acceptors (Lipinski definition) is 6. The highest BCUT2D eigenvalue weighted by Gasteiger charge is 2.20. The zero-order chi connectivity index (χ0) is 19.9. The minimum atomic E-state index is -4.08. The van der Waals surface area contributed by atoms with Crippen LogP contribution in [-0.4, -0.2) is 33.4 Å². The number of hydrogen-bond donors (Lipinski definition) is 2. The van der Waals surface area contributed by atoms with Gasteiger partial charge in [0, 0.05) is 0 Å². The number of rotatable bonds is 7. The van der Waals surface area contributed by atoms with Crippen LogP contribution >= 0.6 is 11.6 Å². The van der Waals surface area contributed by atoms with E-state index in [9.17, 15) is 18.0 Å². The summed E-state index contributed by atoms with van der Waals surface area (Å²) in [5.74, 6) is -1.59. The average molecular weight is 408 g/mol. The summed E-state index contributed by atoms with van der Waals surface area (Å²) in [5, 5.41) is 11.7. The van der Waals surface area contributed by atoms with Crippen molar-refractivity contribution in [3.8, 4) is 6.07 Å². The lowest BCUT2D eigenvalue weighted by Crippen LogP contribution is -2.32. The molecule has 140 valence electrons. The number of carbonyl (C=O) groups is 2. The van der Waals surface area contributed by atoms with Gasteiger partial charge in [-0.05, 0) is 24.3 Å². The second kappa shape index (κ2) is 9.14. The Hall–Kier alpha value is -2.93. The average Bonchev–Trinajstić information content (AvgIpc) is 2.66. The number of nitriles is 1. The molecule has 0 aromatic heterocycles. The van der Waals surface area contributed by atoms with Crippen molar-refractivity contribution in [3.63, 3.8) is 0 Å². The van der Waals surface area contributed by atoms with Crippen molar-refractivity contribution >= 4 is 39.2 Å². The van der Waals surface area contributed by atoms with Gasteiger partial charge in [0.25, 0.3) is 5.91 Å². The topological polar surface area (TPSA) is 125 Å². The number of benzene rings is 2. The van der Waals surface area contributed by atoms with E-state index in [1.54, 1.807) is 30.3 Å². The highest BCUT2D eigenvalue weighted by Crippen LogP contribution is 2.20. The van der Waals surface area contributed by atoms with Crippen LogP contribution < -0.4 is 10.0 Å². The summed E-state index contributed by atoms with van der Waals surface area (Å²) in [5.41, 5.74) is 0.298. The maximum atomic E-state index is 12.2. The molecule has 0 spiro atoms.